The molecule has 3 N–H and O–H groups in total. The predicted octanol–water partition coefficient (Wildman–Crippen LogP) is -0.0347. The topological polar surface area (TPSA) is 68.8 Å². The van der Waals surface area contributed by atoms with Crippen molar-refractivity contribution >= 4 is 23.6 Å². The van der Waals surface area contributed by atoms with Gasteiger partial charge in [0.05, 0.1) is 0 Å². The Morgan fingerprint density at radius 3 is 2.30 bits per heavy atom. The van der Waals surface area contributed by atoms with E-state index >= 15 is 0 Å². The van der Waals surface area contributed by atoms with Crippen molar-refractivity contribution in [1.82, 2.24) is 0 Å². The van der Waals surface area contributed by atoms with Crippen LogP contribution in [0.25, 0.3) is 0 Å². The summed E-state index contributed by atoms with van der Waals surface area (Å²) in [4.78, 5) is 13.3. The van der Waals surface area contributed by atoms with E-state index in [1.54, 1.807) is 0 Å². The van der Waals surface area contributed by atoms with E-state index in [2.05, 4.69) is 0 Å². The molecular weight excluding hydrogens is 193 g/mol. The third-order valence-corrected chi connectivity index (χ3v) is 4.37. The second kappa shape index (κ2) is 4.19. The monoisotopic (exact) mass is 202 g/mol. The summed E-state index contributed by atoms with van der Waals surface area (Å²) < 4.78 is 0. The van der Waals surface area contributed by atoms with Crippen molar-refractivity contribution in [2.45, 2.75) is 0 Å². The average molecular weight is 201 g/mol. The Morgan fingerprint density at radius 1 is 1.30 bits per heavy atom. The van der Waals surface area contributed by atoms with Gasteiger partial charge < -0.3 is 5.48 Å². The van der Waals surface area contributed by atoms with Gasteiger partial charge in [-0.25, -0.2) is 0 Å². The van der Waals surface area contributed by atoms with Gasteiger partial charge in [-0.2, -0.15) is 0 Å². The van der Waals surface area contributed by atoms with Gasteiger partial charge in [-0.1, -0.05) is 0 Å². The number of carboxylic acid groups (broad SMARTS) is 1. The quantitative estimate of drug-likeness (QED) is 0.604. The van der Waals surface area contributed by atoms with Gasteiger partial charge in [-0.05, 0) is 0 Å². The molecule has 0 radical (unpaired) electrons. The van der Waals surface area contributed by atoms with Crippen LogP contribution in [0.2, 0.25) is 0 Å². The van der Waals surface area contributed by atoms with Crippen LogP contribution in [0, 0.1) is 0 Å². The maximum absolute atomic E-state index is 10.3. The van der Waals surface area contributed by atoms with E-state index in [0.717, 1.165) is 0 Å². The van der Waals surface area contributed by atoms with Crippen molar-refractivity contribution in [3.63, 3.8) is 0 Å². The maximum atomic E-state index is 10.3. The molecule has 3 nitrogen and oxygen atoms in total. The summed E-state index contributed by atoms with van der Waals surface area (Å²) in [5.74, 6) is 0. The second-order valence-corrected chi connectivity index (χ2v) is 5.88. The first-order chi connectivity index (χ1) is 4.30. The van der Waals surface area contributed by atoms with Crippen molar-refractivity contribution in [3.8, 4) is 0 Å². The molecule has 0 amide bonds. The van der Waals surface area contributed by atoms with Crippen molar-refractivity contribution in [3.05, 3.63) is 23.1 Å². The summed E-state index contributed by atoms with van der Waals surface area (Å²) in [5.41, 5.74) is 0. The molecule has 0 aromatic rings. The van der Waals surface area contributed by atoms with Gasteiger partial charge in [0, 0.05) is 0 Å². The SMILES string of the molecule is O.O=[C](O)[Ge]1=[CH]C=CC=[CH]1. The molecule has 0 aromatic carbocycles. The van der Waals surface area contributed by atoms with Crippen molar-refractivity contribution in [2.75, 3.05) is 0 Å². The summed E-state index contributed by atoms with van der Waals surface area (Å²) in [6.07, 6.45) is 5.46. The van der Waals surface area contributed by atoms with E-state index in [-0.39, 0.29) is 5.48 Å². The fraction of sp³-hybridized carbons (Fsp3) is 0. The number of hydrogen-bond donors (Lipinski definition) is 1. The molecule has 0 bridgehead atoms. The summed E-state index contributed by atoms with van der Waals surface area (Å²) in [5, 5.41) is 8.50. The molecule has 1 aliphatic heterocycles. The van der Waals surface area contributed by atoms with Crippen LogP contribution in [0.3, 0.4) is 0 Å². The molecule has 0 unspecified atom stereocenters. The first-order valence-electron chi connectivity index (χ1n) is 2.59. The Bertz CT molecular complexity index is 215. The van der Waals surface area contributed by atoms with E-state index in [1.165, 1.54) is 0 Å². The Morgan fingerprint density at radius 2 is 2.00 bits per heavy atom. The first-order valence-corrected chi connectivity index (χ1v) is 6.06. The van der Waals surface area contributed by atoms with E-state index in [1.807, 2.05) is 28.0 Å². The summed E-state index contributed by atoms with van der Waals surface area (Å²) >= 11 is -1.93. The third kappa shape index (κ3) is 2.28. The molecule has 0 saturated carbocycles. The minimum absolute atomic E-state index is 0. The van der Waals surface area contributed by atoms with Crippen molar-refractivity contribution < 1.29 is 15.4 Å². The van der Waals surface area contributed by atoms with E-state index in [9.17, 15) is 4.79 Å². The normalized spacial score (nSPS) is 13.8. The fourth-order valence-corrected chi connectivity index (χ4v) is 2.75. The van der Waals surface area contributed by atoms with Gasteiger partial charge in [0.2, 0.25) is 0 Å². The molecule has 0 fully saturated rings. The van der Waals surface area contributed by atoms with Gasteiger partial charge in [0.1, 0.15) is 0 Å². The first kappa shape index (κ1) is 9.32. The predicted molar refractivity (Wildman–Crippen MR) is 41.7 cm³/mol. The standard InChI is InChI=1S/C6H6GeO2.H2O/c8-6(9)7-4-2-1-3-5-7;/h1-5H,(H,8,9);1H2. The summed E-state index contributed by atoms with van der Waals surface area (Å²) in [6, 6.07) is 0. The number of rotatable bonds is 1. The van der Waals surface area contributed by atoms with Crippen LogP contribution < -0.4 is 0 Å². The van der Waals surface area contributed by atoms with Crippen molar-refractivity contribution in [2.24, 2.45) is 0 Å². The molecule has 1 rings (SSSR count). The van der Waals surface area contributed by atoms with E-state index in [0.29, 0.717) is 0 Å². The Balaban J connectivity index is 0.000000810. The van der Waals surface area contributed by atoms with Crippen LogP contribution in [0.5, 0.6) is 0 Å². The molecule has 1 aliphatic rings. The second-order valence-electron chi connectivity index (χ2n) is 1.67. The van der Waals surface area contributed by atoms with Crippen LogP contribution in [-0.4, -0.2) is 34.1 Å². The molecular formula is C6H8GeO3. The average Bonchev–Trinajstić information content (AvgIpc) is 1.90. The Labute approximate surface area is 62.6 Å². The molecule has 0 aromatic heterocycles. The van der Waals surface area contributed by atoms with Gasteiger partial charge >= 0.3 is 56.6 Å². The zero-order chi connectivity index (χ0) is 6.69. The van der Waals surface area contributed by atoms with Crippen LogP contribution >= 0.6 is 0 Å². The third-order valence-electron chi connectivity index (χ3n) is 1.02. The molecule has 1 heterocycles. The number of carbonyl (C=O) groups is 1. The minimum atomic E-state index is -1.93. The summed E-state index contributed by atoms with van der Waals surface area (Å²) in [6.45, 7) is 0. The number of allylic oxidation sites excluding steroid dienone is 3. The zero-order valence-electron chi connectivity index (χ0n) is 5.24. The molecule has 0 atom stereocenters. The molecule has 4 heteroatoms. The van der Waals surface area contributed by atoms with Crippen molar-refractivity contribution in [1.29, 1.82) is 0 Å². The van der Waals surface area contributed by atoms with Crippen LogP contribution in [0.15, 0.2) is 23.1 Å². The molecule has 0 spiro atoms. The zero-order valence-corrected chi connectivity index (χ0v) is 7.34. The molecule has 54 valence electrons. The van der Waals surface area contributed by atoms with Gasteiger partial charge in [0.15, 0.2) is 0 Å². The van der Waals surface area contributed by atoms with Gasteiger partial charge in [-0.3, -0.25) is 0 Å². The fourth-order valence-electron chi connectivity index (χ4n) is 0.581. The Kier molecular flexibility index (Phi) is 3.90. The molecule has 0 saturated heterocycles. The number of hydrogen-bond acceptors (Lipinski definition) is 1. The molecule has 10 heavy (non-hydrogen) atoms. The van der Waals surface area contributed by atoms with Crippen LogP contribution in [-0.2, 0) is 0 Å². The van der Waals surface area contributed by atoms with E-state index in [4.69, 9.17) is 5.11 Å². The van der Waals surface area contributed by atoms with Crippen LogP contribution in [0.1, 0.15) is 0 Å². The molecule has 0 aliphatic carbocycles. The van der Waals surface area contributed by atoms with Crippen LogP contribution in [0.4, 0.5) is 4.79 Å². The van der Waals surface area contributed by atoms with E-state index < -0.39 is 18.7 Å². The van der Waals surface area contributed by atoms with Gasteiger partial charge in [0.25, 0.3) is 0 Å². The van der Waals surface area contributed by atoms with Gasteiger partial charge in [-0.15, -0.1) is 0 Å². The summed E-state index contributed by atoms with van der Waals surface area (Å²) in [7, 11) is 0. The Hall–Kier alpha value is -0.677.